The minimum atomic E-state index is -0.0960. The van der Waals surface area contributed by atoms with E-state index in [2.05, 4.69) is 17.2 Å². The number of ether oxygens (including phenoxy) is 1. The monoisotopic (exact) mass is 249 g/mol. The van der Waals surface area contributed by atoms with Gasteiger partial charge in [-0.25, -0.2) is 9.78 Å². The van der Waals surface area contributed by atoms with E-state index in [1.165, 1.54) is 12.8 Å². The highest BCUT2D eigenvalue weighted by atomic mass is 16.5. The standard InChI is InChI=1S/C13H19N3O2/c1-9(10-4-5-10)16(2)13(17)15-11-6-7-12(18-3)14-8-11/h6-10H,4-5H2,1-3H3,(H,15,17). The van der Waals surface area contributed by atoms with Crippen molar-refractivity contribution < 1.29 is 9.53 Å². The minimum Gasteiger partial charge on any atom is -0.481 e. The summed E-state index contributed by atoms with van der Waals surface area (Å²) in [5.74, 6) is 1.20. The van der Waals surface area contributed by atoms with Crippen LogP contribution in [0.25, 0.3) is 0 Å². The van der Waals surface area contributed by atoms with E-state index in [0.717, 1.165) is 0 Å². The predicted molar refractivity (Wildman–Crippen MR) is 69.8 cm³/mol. The van der Waals surface area contributed by atoms with Gasteiger partial charge in [-0.1, -0.05) is 0 Å². The Balaban J connectivity index is 1.92. The highest BCUT2D eigenvalue weighted by Crippen LogP contribution is 2.34. The fourth-order valence-electron chi connectivity index (χ4n) is 1.87. The first-order valence-electron chi connectivity index (χ1n) is 6.15. The summed E-state index contributed by atoms with van der Waals surface area (Å²) in [4.78, 5) is 17.8. The average molecular weight is 249 g/mol. The van der Waals surface area contributed by atoms with Gasteiger partial charge >= 0.3 is 6.03 Å². The van der Waals surface area contributed by atoms with Crippen molar-refractivity contribution in [2.45, 2.75) is 25.8 Å². The molecule has 18 heavy (non-hydrogen) atoms. The number of hydrogen-bond donors (Lipinski definition) is 1. The molecule has 2 rings (SSSR count). The predicted octanol–water partition coefficient (Wildman–Crippen LogP) is 2.35. The Morgan fingerprint density at radius 1 is 1.56 bits per heavy atom. The molecule has 0 radical (unpaired) electrons. The summed E-state index contributed by atoms with van der Waals surface area (Å²) in [5.41, 5.74) is 0.677. The maximum atomic E-state index is 12.0. The van der Waals surface area contributed by atoms with Crippen molar-refractivity contribution in [2.24, 2.45) is 5.92 Å². The smallest absolute Gasteiger partial charge is 0.321 e. The number of aromatic nitrogens is 1. The van der Waals surface area contributed by atoms with Crippen molar-refractivity contribution in [3.8, 4) is 5.88 Å². The summed E-state index contributed by atoms with van der Waals surface area (Å²) >= 11 is 0. The van der Waals surface area contributed by atoms with Crippen molar-refractivity contribution in [3.63, 3.8) is 0 Å². The number of pyridine rings is 1. The van der Waals surface area contributed by atoms with E-state index < -0.39 is 0 Å². The summed E-state index contributed by atoms with van der Waals surface area (Å²) in [6.07, 6.45) is 4.04. The van der Waals surface area contributed by atoms with Crippen LogP contribution in [0.4, 0.5) is 10.5 Å². The van der Waals surface area contributed by atoms with Crippen LogP contribution < -0.4 is 10.1 Å². The van der Waals surface area contributed by atoms with Crippen LogP contribution in [0.5, 0.6) is 5.88 Å². The van der Waals surface area contributed by atoms with Gasteiger partial charge < -0.3 is 15.0 Å². The van der Waals surface area contributed by atoms with Gasteiger partial charge in [0.25, 0.3) is 0 Å². The molecule has 2 amide bonds. The lowest BCUT2D eigenvalue weighted by molar-refractivity contribution is 0.201. The molecular formula is C13H19N3O2. The van der Waals surface area contributed by atoms with E-state index in [-0.39, 0.29) is 12.1 Å². The molecule has 1 aromatic heterocycles. The van der Waals surface area contributed by atoms with Gasteiger partial charge in [0.2, 0.25) is 5.88 Å². The Kier molecular flexibility index (Phi) is 3.69. The van der Waals surface area contributed by atoms with Gasteiger partial charge in [0.1, 0.15) is 0 Å². The minimum absolute atomic E-state index is 0.0960. The zero-order valence-electron chi connectivity index (χ0n) is 11.0. The molecule has 0 aromatic carbocycles. The largest absolute Gasteiger partial charge is 0.481 e. The number of methoxy groups -OCH3 is 1. The first kappa shape index (κ1) is 12.7. The number of hydrogen-bond acceptors (Lipinski definition) is 3. The van der Waals surface area contributed by atoms with E-state index >= 15 is 0 Å². The normalized spacial score (nSPS) is 15.9. The van der Waals surface area contributed by atoms with Crippen LogP contribution in [0.1, 0.15) is 19.8 Å². The first-order chi connectivity index (χ1) is 8.61. The van der Waals surface area contributed by atoms with Crippen LogP contribution in [0.3, 0.4) is 0 Å². The number of amides is 2. The second kappa shape index (κ2) is 5.25. The molecule has 1 aliphatic carbocycles. The van der Waals surface area contributed by atoms with Crippen LogP contribution in [-0.4, -0.2) is 36.1 Å². The number of nitrogens with zero attached hydrogens (tertiary/aromatic N) is 2. The van der Waals surface area contributed by atoms with Crippen molar-refractivity contribution >= 4 is 11.7 Å². The van der Waals surface area contributed by atoms with Gasteiger partial charge in [0.15, 0.2) is 0 Å². The third-order valence-corrected chi connectivity index (χ3v) is 3.43. The van der Waals surface area contributed by atoms with Gasteiger partial charge in [-0.2, -0.15) is 0 Å². The fraction of sp³-hybridized carbons (Fsp3) is 0.538. The molecule has 1 atom stereocenters. The maximum Gasteiger partial charge on any atom is 0.321 e. The molecule has 0 saturated heterocycles. The summed E-state index contributed by atoms with van der Waals surface area (Å²) in [5, 5.41) is 2.83. The van der Waals surface area contributed by atoms with E-state index in [1.807, 2.05) is 7.05 Å². The molecule has 1 aromatic rings. The summed E-state index contributed by atoms with van der Waals surface area (Å²) < 4.78 is 4.97. The molecule has 5 nitrogen and oxygen atoms in total. The Morgan fingerprint density at radius 2 is 2.28 bits per heavy atom. The van der Waals surface area contributed by atoms with E-state index in [0.29, 0.717) is 17.5 Å². The zero-order chi connectivity index (χ0) is 13.1. The molecule has 1 N–H and O–H groups in total. The highest BCUT2D eigenvalue weighted by molar-refractivity contribution is 5.89. The summed E-state index contributed by atoms with van der Waals surface area (Å²) in [7, 11) is 3.39. The van der Waals surface area contributed by atoms with E-state index in [1.54, 1.807) is 30.3 Å². The molecule has 98 valence electrons. The van der Waals surface area contributed by atoms with Crippen LogP contribution >= 0.6 is 0 Å². The van der Waals surface area contributed by atoms with Gasteiger partial charge in [0, 0.05) is 19.2 Å². The number of anilines is 1. The second-order valence-corrected chi connectivity index (χ2v) is 4.71. The van der Waals surface area contributed by atoms with Crippen LogP contribution in [0.2, 0.25) is 0 Å². The Labute approximate surface area is 107 Å². The van der Waals surface area contributed by atoms with Crippen molar-refractivity contribution in [1.82, 2.24) is 9.88 Å². The number of rotatable bonds is 4. The van der Waals surface area contributed by atoms with Gasteiger partial charge in [0.05, 0.1) is 19.0 Å². The summed E-state index contributed by atoms with van der Waals surface area (Å²) in [6, 6.07) is 3.69. The molecule has 1 heterocycles. The molecule has 0 spiro atoms. The van der Waals surface area contributed by atoms with E-state index in [9.17, 15) is 4.79 Å². The lowest BCUT2D eigenvalue weighted by atomic mass is 10.2. The lowest BCUT2D eigenvalue weighted by Crippen LogP contribution is -2.39. The topological polar surface area (TPSA) is 54.5 Å². The number of carbonyl (C=O) groups excluding carboxylic acids is 1. The van der Waals surface area contributed by atoms with E-state index in [4.69, 9.17) is 4.74 Å². The quantitative estimate of drug-likeness (QED) is 0.891. The van der Waals surface area contributed by atoms with Crippen molar-refractivity contribution in [1.29, 1.82) is 0 Å². The Hall–Kier alpha value is -1.78. The molecule has 1 fully saturated rings. The molecular weight excluding hydrogens is 230 g/mol. The van der Waals surface area contributed by atoms with Crippen LogP contribution in [0, 0.1) is 5.92 Å². The fourth-order valence-corrected chi connectivity index (χ4v) is 1.87. The van der Waals surface area contributed by atoms with Gasteiger partial charge in [-0.3, -0.25) is 0 Å². The van der Waals surface area contributed by atoms with Crippen LogP contribution in [0.15, 0.2) is 18.3 Å². The number of carbonyl (C=O) groups is 1. The third-order valence-electron chi connectivity index (χ3n) is 3.43. The second-order valence-electron chi connectivity index (χ2n) is 4.71. The van der Waals surface area contributed by atoms with Gasteiger partial charge in [-0.05, 0) is 31.7 Å². The molecule has 1 aliphatic rings. The number of nitrogens with one attached hydrogen (secondary N) is 1. The molecule has 1 unspecified atom stereocenters. The van der Waals surface area contributed by atoms with Crippen LogP contribution in [-0.2, 0) is 0 Å². The highest BCUT2D eigenvalue weighted by Gasteiger charge is 2.32. The molecule has 0 aliphatic heterocycles. The third kappa shape index (κ3) is 2.91. The summed E-state index contributed by atoms with van der Waals surface area (Å²) in [6.45, 7) is 2.09. The lowest BCUT2D eigenvalue weighted by Gasteiger charge is -2.25. The van der Waals surface area contributed by atoms with Gasteiger partial charge in [-0.15, -0.1) is 0 Å². The molecule has 1 saturated carbocycles. The average Bonchev–Trinajstić information content (AvgIpc) is 3.22. The Morgan fingerprint density at radius 3 is 2.78 bits per heavy atom. The van der Waals surface area contributed by atoms with Crippen molar-refractivity contribution in [3.05, 3.63) is 18.3 Å². The first-order valence-corrected chi connectivity index (χ1v) is 6.15. The maximum absolute atomic E-state index is 12.0. The van der Waals surface area contributed by atoms with Crippen molar-refractivity contribution in [2.75, 3.05) is 19.5 Å². The number of urea groups is 1. The SMILES string of the molecule is COc1ccc(NC(=O)N(C)C(C)C2CC2)cn1. The zero-order valence-corrected chi connectivity index (χ0v) is 11.0. The molecule has 0 bridgehead atoms. The Bertz CT molecular complexity index is 415. The molecule has 5 heteroatoms.